The molecule has 0 aliphatic heterocycles. The van der Waals surface area contributed by atoms with Crippen LogP contribution in [-0.4, -0.2) is 4.98 Å². The predicted molar refractivity (Wildman–Crippen MR) is 50.2 cm³/mol. The number of nitrogens with one attached hydrogen (secondary N) is 1. The highest BCUT2D eigenvalue weighted by molar-refractivity contribution is 5.69. The molecule has 0 unspecified atom stereocenters. The van der Waals surface area contributed by atoms with Crippen molar-refractivity contribution in [2.75, 3.05) is 0 Å². The van der Waals surface area contributed by atoms with Gasteiger partial charge in [0.25, 0.3) is 0 Å². The minimum absolute atomic E-state index is 1.10. The van der Waals surface area contributed by atoms with E-state index in [1.807, 2.05) is 38.3 Å². The summed E-state index contributed by atoms with van der Waals surface area (Å²) >= 11 is 0. The van der Waals surface area contributed by atoms with E-state index < -0.39 is 0 Å². The molecule has 0 aliphatic carbocycles. The molecule has 0 amide bonds. The maximum absolute atomic E-state index is 3.89. The van der Waals surface area contributed by atoms with Gasteiger partial charge < -0.3 is 4.98 Å². The van der Waals surface area contributed by atoms with E-state index in [9.17, 15) is 0 Å². The Kier molecular flexibility index (Phi) is 2.32. The number of hydrogen-bond donors (Lipinski definition) is 1. The standard InChI is InChI=1S/C10H13N/c1-4-5-10-9(8(2)3)6-7-11-10/h4-7,11H,2H2,1,3H3/b5-4-. The lowest BCUT2D eigenvalue weighted by molar-refractivity contribution is 1.36. The quantitative estimate of drug-likeness (QED) is 0.661. The fourth-order valence-electron chi connectivity index (χ4n) is 1.06. The van der Waals surface area contributed by atoms with E-state index in [0.29, 0.717) is 0 Å². The van der Waals surface area contributed by atoms with Crippen LogP contribution in [0.15, 0.2) is 24.9 Å². The summed E-state index contributed by atoms with van der Waals surface area (Å²) in [7, 11) is 0. The molecular formula is C10H13N. The Balaban J connectivity index is 3.05. The first-order valence-corrected chi connectivity index (χ1v) is 3.71. The summed E-state index contributed by atoms with van der Waals surface area (Å²) in [4.78, 5) is 3.14. The summed E-state index contributed by atoms with van der Waals surface area (Å²) in [6.45, 7) is 7.90. The minimum atomic E-state index is 1.10. The normalized spacial score (nSPS) is 10.7. The monoisotopic (exact) mass is 147 g/mol. The second kappa shape index (κ2) is 3.24. The summed E-state index contributed by atoms with van der Waals surface area (Å²) in [5.41, 5.74) is 3.43. The van der Waals surface area contributed by atoms with Crippen LogP contribution in [0.2, 0.25) is 0 Å². The SMILES string of the molecule is C=C(C)c1cc[nH]c1/C=C\C. The molecule has 1 aromatic rings. The van der Waals surface area contributed by atoms with Gasteiger partial charge in [-0.05, 0) is 31.6 Å². The molecule has 1 heteroatoms. The lowest BCUT2D eigenvalue weighted by atomic mass is 10.1. The molecule has 11 heavy (non-hydrogen) atoms. The Labute approximate surface area is 67.5 Å². The topological polar surface area (TPSA) is 15.8 Å². The predicted octanol–water partition coefficient (Wildman–Crippen LogP) is 3.08. The maximum Gasteiger partial charge on any atom is 0.0453 e. The summed E-state index contributed by atoms with van der Waals surface area (Å²) in [6.07, 6.45) is 5.99. The third-order valence-electron chi connectivity index (χ3n) is 1.57. The van der Waals surface area contributed by atoms with Crippen molar-refractivity contribution < 1.29 is 0 Å². The summed E-state index contributed by atoms with van der Waals surface area (Å²) in [5, 5.41) is 0. The van der Waals surface area contributed by atoms with Crippen molar-refractivity contribution in [3.63, 3.8) is 0 Å². The van der Waals surface area contributed by atoms with Crippen LogP contribution < -0.4 is 0 Å². The van der Waals surface area contributed by atoms with Crippen molar-refractivity contribution in [3.05, 3.63) is 36.2 Å². The van der Waals surface area contributed by atoms with Gasteiger partial charge in [0, 0.05) is 17.5 Å². The molecule has 1 nitrogen and oxygen atoms in total. The fourth-order valence-corrected chi connectivity index (χ4v) is 1.06. The van der Waals surface area contributed by atoms with Crippen LogP contribution in [0, 0.1) is 0 Å². The largest absolute Gasteiger partial charge is 0.361 e. The van der Waals surface area contributed by atoms with Gasteiger partial charge in [-0.1, -0.05) is 12.7 Å². The fraction of sp³-hybridized carbons (Fsp3) is 0.200. The molecular weight excluding hydrogens is 134 g/mol. The number of H-pyrrole nitrogens is 1. The van der Waals surface area contributed by atoms with Gasteiger partial charge in [-0.2, -0.15) is 0 Å². The molecule has 0 bridgehead atoms. The molecule has 0 saturated carbocycles. The van der Waals surface area contributed by atoms with Crippen LogP contribution in [0.3, 0.4) is 0 Å². The van der Waals surface area contributed by atoms with Crippen LogP contribution in [0.5, 0.6) is 0 Å². The van der Waals surface area contributed by atoms with Gasteiger partial charge in [0.1, 0.15) is 0 Å². The van der Waals surface area contributed by atoms with Crippen LogP contribution in [0.4, 0.5) is 0 Å². The Morgan fingerprint density at radius 3 is 2.91 bits per heavy atom. The molecule has 0 saturated heterocycles. The van der Waals surface area contributed by atoms with E-state index in [2.05, 4.69) is 11.6 Å². The molecule has 1 N–H and O–H groups in total. The molecule has 0 atom stereocenters. The van der Waals surface area contributed by atoms with E-state index >= 15 is 0 Å². The highest BCUT2D eigenvalue weighted by atomic mass is 14.7. The van der Waals surface area contributed by atoms with E-state index in [-0.39, 0.29) is 0 Å². The van der Waals surface area contributed by atoms with Gasteiger partial charge in [-0.25, -0.2) is 0 Å². The average Bonchev–Trinajstić information content (AvgIpc) is 2.36. The van der Waals surface area contributed by atoms with E-state index in [4.69, 9.17) is 0 Å². The van der Waals surface area contributed by atoms with Crippen LogP contribution in [0.1, 0.15) is 25.1 Å². The van der Waals surface area contributed by atoms with Crippen LogP contribution in [0.25, 0.3) is 11.6 Å². The first kappa shape index (κ1) is 7.86. The summed E-state index contributed by atoms with van der Waals surface area (Å²) in [5.74, 6) is 0. The van der Waals surface area contributed by atoms with Gasteiger partial charge in [0.15, 0.2) is 0 Å². The molecule has 0 fully saturated rings. The number of rotatable bonds is 2. The molecule has 0 spiro atoms. The molecule has 58 valence electrons. The number of hydrogen-bond acceptors (Lipinski definition) is 0. The van der Waals surface area contributed by atoms with Crippen molar-refractivity contribution in [2.45, 2.75) is 13.8 Å². The minimum Gasteiger partial charge on any atom is -0.361 e. The number of aromatic amines is 1. The lowest BCUT2D eigenvalue weighted by Gasteiger charge is -1.95. The summed E-state index contributed by atoms with van der Waals surface area (Å²) < 4.78 is 0. The highest BCUT2D eigenvalue weighted by Gasteiger charge is 1.98. The lowest BCUT2D eigenvalue weighted by Crippen LogP contribution is -1.78. The van der Waals surface area contributed by atoms with Gasteiger partial charge in [0.2, 0.25) is 0 Å². The molecule has 1 rings (SSSR count). The van der Waals surface area contributed by atoms with Gasteiger partial charge in [0.05, 0.1) is 0 Å². The zero-order valence-electron chi connectivity index (χ0n) is 7.02. The summed E-state index contributed by atoms with van der Waals surface area (Å²) in [6, 6.07) is 2.04. The highest BCUT2D eigenvalue weighted by Crippen LogP contribution is 2.16. The molecule has 1 heterocycles. The van der Waals surface area contributed by atoms with Crippen LogP contribution >= 0.6 is 0 Å². The first-order chi connectivity index (χ1) is 5.25. The molecule has 1 aromatic heterocycles. The van der Waals surface area contributed by atoms with Crippen LogP contribution in [-0.2, 0) is 0 Å². The van der Waals surface area contributed by atoms with Crippen molar-refractivity contribution >= 4 is 11.6 Å². The zero-order chi connectivity index (χ0) is 8.27. The smallest absolute Gasteiger partial charge is 0.0453 e. The molecule has 0 aromatic carbocycles. The van der Waals surface area contributed by atoms with Gasteiger partial charge >= 0.3 is 0 Å². The number of allylic oxidation sites excluding steroid dienone is 2. The van der Waals surface area contributed by atoms with Gasteiger partial charge in [-0.15, -0.1) is 0 Å². The first-order valence-electron chi connectivity index (χ1n) is 3.71. The Morgan fingerprint density at radius 2 is 2.36 bits per heavy atom. The van der Waals surface area contributed by atoms with E-state index in [1.165, 1.54) is 5.56 Å². The Hall–Kier alpha value is -1.24. The third-order valence-corrected chi connectivity index (χ3v) is 1.57. The van der Waals surface area contributed by atoms with Gasteiger partial charge in [-0.3, -0.25) is 0 Å². The average molecular weight is 147 g/mol. The Bertz CT molecular complexity index is 279. The maximum atomic E-state index is 3.89. The Morgan fingerprint density at radius 1 is 1.64 bits per heavy atom. The second-order valence-electron chi connectivity index (χ2n) is 2.59. The second-order valence-corrected chi connectivity index (χ2v) is 2.59. The molecule has 0 radical (unpaired) electrons. The van der Waals surface area contributed by atoms with E-state index in [0.717, 1.165) is 11.3 Å². The van der Waals surface area contributed by atoms with Crippen molar-refractivity contribution in [1.82, 2.24) is 4.98 Å². The number of aromatic nitrogens is 1. The zero-order valence-corrected chi connectivity index (χ0v) is 7.02. The third kappa shape index (κ3) is 1.61. The van der Waals surface area contributed by atoms with Crippen molar-refractivity contribution in [3.8, 4) is 0 Å². The van der Waals surface area contributed by atoms with Crippen molar-refractivity contribution in [2.24, 2.45) is 0 Å². The molecule has 0 aliphatic rings. The van der Waals surface area contributed by atoms with E-state index in [1.54, 1.807) is 0 Å². The van der Waals surface area contributed by atoms with Crippen molar-refractivity contribution in [1.29, 1.82) is 0 Å².